The van der Waals surface area contributed by atoms with Crippen LogP contribution in [0.2, 0.25) is 0 Å². The summed E-state index contributed by atoms with van der Waals surface area (Å²) in [5, 5.41) is 16.6. The number of aliphatic carboxylic acids is 2. The van der Waals surface area contributed by atoms with E-state index in [4.69, 9.17) is 20.5 Å². The van der Waals surface area contributed by atoms with E-state index in [-0.39, 0.29) is 0 Å². The molecule has 9 nitrogen and oxygen atoms in total. The summed E-state index contributed by atoms with van der Waals surface area (Å²) in [6, 6.07) is -2.10. The van der Waals surface area contributed by atoms with Crippen LogP contribution in [0.3, 0.4) is 0 Å². The maximum Gasteiger partial charge on any atom is 0.398 e. The topological polar surface area (TPSA) is 164 Å². The summed E-state index contributed by atoms with van der Waals surface area (Å²) in [5.74, 6) is -3.70. The third-order valence-electron chi connectivity index (χ3n) is 1.08. The monoisotopic (exact) mass is 229 g/mol. The van der Waals surface area contributed by atoms with Gasteiger partial charge < -0.3 is 15.9 Å². The van der Waals surface area contributed by atoms with Crippen LogP contribution < -0.4 is 5.73 Å². The molecule has 0 bridgehead atoms. The average molecular weight is 229 g/mol. The molecule has 5 N–H and O–H groups in total. The van der Waals surface area contributed by atoms with E-state index < -0.39 is 34.5 Å². The van der Waals surface area contributed by atoms with Gasteiger partial charge in [0.1, 0.15) is 6.04 Å². The largest absolute Gasteiger partial charge is 0.480 e. The first-order chi connectivity index (χ1) is 6.15. The third-order valence-corrected chi connectivity index (χ3v) is 1.53. The highest BCUT2D eigenvalue weighted by Gasteiger charge is 2.35. The van der Waals surface area contributed by atoms with Crippen LogP contribution >= 0.6 is 0 Å². The molecule has 2 atom stereocenters. The zero-order chi connectivity index (χ0) is 11.5. The highest BCUT2D eigenvalue weighted by atomic mass is 32.3. The molecule has 82 valence electrons. The van der Waals surface area contributed by atoms with Crippen molar-refractivity contribution in [2.45, 2.75) is 12.1 Å². The molecule has 0 amide bonds. The number of carbonyl (C=O) groups is 2. The van der Waals surface area contributed by atoms with Crippen molar-refractivity contribution in [1.82, 2.24) is 0 Å². The normalized spacial score (nSPS) is 15.9. The molecule has 0 heterocycles. The van der Waals surface area contributed by atoms with Crippen molar-refractivity contribution >= 4 is 22.3 Å². The van der Waals surface area contributed by atoms with Crippen LogP contribution in [0.15, 0.2) is 0 Å². The van der Waals surface area contributed by atoms with Crippen LogP contribution in [0.25, 0.3) is 0 Å². The summed E-state index contributed by atoms with van der Waals surface area (Å²) in [7, 11) is -5.07. The molecule has 0 spiro atoms. The van der Waals surface area contributed by atoms with E-state index in [1.165, 1.54) is 0 Å². The summed E-state index contributed by atoms with van der Waals surface area (Å²) >= 11 is 0. The molecular weight excluding hydrogens is 222 g/mol. The lowest BCUT2D eigenvalue weighted by molar-refractivity contribution is -0.153. The predicted octanol–water partition coefficient (Wildman–Crippen LogP) is -2.33. The fourth-order valence-corrected chi connectivity index (χ4v) is 0.979. The van der Waals surface area contributed by atoms with Crippen LogP contribution in [0, 0.1) is 0 Å². The second kappa shape index (κ2) is 4.32. The minimum atomic E-state index is -5.07. The van der Waals surface area contributed by atoms with Crippen LogP contribution in [-0.2, 0) is 24.2 Å². The molecule has 10 heteroatoms. The zero-order valence-electron chi connectivity index (χ0n) is 6.52. The molecule has 0 radical (unpaired) electrons. The lowest BCUT2D eigenvalue weighted by Crippen LogP contribution is -2.48. The molecule has 0 rings (SSSR count). The smallest absolute Gasteiger partial charge is 0.398 e. The van der Waals surface area contributed by atoms with Gasteiger partial charge >= 0.3 is 22.3 Å². The fraction of sp³-hybridized carbons (Fsp3) is 0.500. The maximum atomic E-state index is 10.3. The second-order valence-electron chi connectivity index (χ2n) is 2.15. The van der Waals surface area contributed by atoms with Crippen LogP contribution in [-0.4, -0.2) is 47.3 Å². The van der Waals surface area contributed by atoms with Crippen molar-refractivity contribution in [3.63, 3.8) is 0 Å². The Hall–Kier alpha value is -1.23. The van der Waals surface area contributed by atoms with Gasteiger partial charge in [-0.05, 0) is 0 Å². The number of rotatable bonds is 5. The van der Waals surface area contributed by atoms with Gasteiger partial charge in [0.2, 0.25) is 6.10 Å². The van der Waals surface area contributed by atoms with E-state index in [1.807, 2.05) is 0 Å². The molecule has 0 aliphatic carbocycles. The van der Waals surface area contributed by atoms with E-state index in [2.05, 4.69) is 4.18 Å². The number of hydrogen-bond donors (Lipinski definition) is 4. The van der Waals surface area contributed by atoms with Crippen LogP contribution in [0.4, 0.5) is 0 Å². The molecule has 0 fully saturated rings. The molecule has 0 aromatic heterocycles. The Labute approximate surface area is 78.0 Å². The van der Waals surface area contributed by atoms with Gasteiger partial charge in [-0.3, -0.25) is 9.35 Å². The summed E-state index contributed by atoms with van der Waals surface area (Å²) in [6.07, 6.45) is -2.37. The van der Waals surface area contributed by atoms with Gasteiger partial charge in [-0.15, -0.1) is 0 Å². The third kappa shape index (κ3) is 4.13. The van der Waals surface area contributed by atoms with E-state index >= 15 is 0 Å². The van der Waals surface area contributed by atoms with Crippen molar-refractivity contribution in [1.29, 1.82) is 0 Å². The Morgan fingerprint density at radius 2 is 1.64 bits per heavy atom. The quantitative estimate of drug-likeness (QED) is 0.378. The van der Waals surface area contributed by atoms with E-state index in [0.29, 0.717) is 0 Å². The van der Waals surface area contributed by atoms with Gasteiger partial charge in [-0.1, -0.05) is 0 Å². The van der Waals surface area contributed by atoms with Gasteiger partial charge in [0.25, 0.3) is 0 Å². The number of carboxylic acid groups (broad SMARTS) is 2. The van der Waals surface area contributed by atoms with Crippen molar-refractivity contribution in [2.75, 3.05) is 0 Å². The Morgan fingerprint density at radius 1 is 1.21 bits per heavy atom. The Kier molecular flexibility index (Phi) is 3.94. The van der Waals surface area contributed by atoms with Crippen molar-refractivity contribution in [3.8, 4) is 0 Å². The Morgan fingerprint density at radius 3 is 1.86 bits per heavy atom. The zero-order valence-corrected chi connectivity index (χ0v) is 7.34. The van der Waals surface area contributed by atoms with Crippen molar-refractivity contribution in [3.05, 3.63) is 0 Å². The molecule has 0 aliphatic rings. The van der Waals surface area contributed by atoms with Crippen molar-refractivity contribution < 1.29 is 37.0 Å². The summed E-state index contributed by atoms with van der Waals surface area (Å²) in [4.78, 5) is 20.5. The van der Waals surface area contributed by atoms with Crippen LogP contribution in [0.1, 0.15) is 0 Å². The minimum Gasteiger partial charge on any atom is -0.480 e. The van der Waals surface area contributed by atoms with E-state index in [1.54, 1.807) is 0 Å². The molecular formula is C4H7NO8S. The lowest BCUT2D eigenvalue weighted by Gasteiger charge is -2.14. The first-order valence-corrected chi connectivity index (χ1v) is 4.38. The van der Waals surface area contributed by atoms with E-state index in [0.717, 1.165) is 0 Å². The molecule has 0 aliphatic heterocycles. The second-order valence-corrected chi connectivity index (χ2v) is 3.19. The minimum absolute atomic E-state index is 1.78. The first-order valence-electron chi connectivity index (χ1n) is 3.02. The summed E-state index contributed by atoms with van der Waals surface area (Å²) in [5.41, 5.74) is 4.79. The summed E-state index contributed by atoms with van der Waals surface area (Å²) < 4.78 is 31.8. The lowest BCUT2D eigenvalue weighted by atomic mass is 10.2. The number of carboxylic acids is 2. The van der Waals surface area contributed by atoms with Gasteiger partial charge in [-0.25, -0.2) is 8.98 Å². The van der Waals surface area contributed by atoms with Crippen molar-refractivity contribution in [2.24, 2.45) is 5.73 Å². The van der Waals surface area contributed by atoms with Gasteiger partial charge in [-0.2, -0.15) is 8.42 Å². The van der Waals surface area contributed by atoms with Gasteiger partial charge in [0, 0.05) is 0 Å². The van der Waals surface area contributed by atoms with Gasteiger partial charge in [0.15, 0.2) is 0 Å². The first kappa shape index (κ1) is 12.8. The molecule has 0 aromatic rings. The highest BCUT2D eigenvalue weighted by molar-refractivity contribution is 7.80. The van der Waals surface area contributed by atoms with Gasteiger partial charge in [0.05, 0.1) is 0 Å². The number of nitrogens with two attached hydrogens (primary N) is 1. The Balaban J connectivity index is 4.79. The Bertz CT molecular complexity index is 333. The van der Waals surface area contributed by atoms with Crippen LogP contribution in [0.5, 0.6) is 0 Å². The standard InChI is InChI=1S/C4H7NO8S/c5-1(3(6)7)2(4(8)9)13-14(10,11)12/h1-2H,5H2,(H,6,7)(H,8,9)(H,10,11,12)/t1-,2+/m0/s1. The predicted molar refractivity (Wildman–Crippen MR) is 39.7 cm³/mol. The maximum absolute atomic E-state index is 10.3. The molecule has 0 saturated heterocycles. The summed E-state index contributed by atoms with van der Waals surface area (Å²) in [6.45, 7) is 0. The van der Waals surface area contributed by atoms with E-state index in [9.17, 15) is 18.0 Å². The fourth-order valence-electron chi connectivity index (χ4n) is 0.515. The molecule has 0 saturated carbocycles. The SMILES string of the molecule is N[C@H](C(=O)O)[C@@H](OS(=O)(=O)O)C(=O)O. The number of hydrogen-bond acceptors (Lipinski definition) is 6. The molecule has 14 heavy (non-hydrogen) atoms. The molecule has 0 aromatic carbocycles. The highest BCUT2D eigenvalue weighted by Crippen LogP contribution is 2.02. The average Bonchev–Trinajstić information content (AvgIpc) is 1.96. The molecule has 0 unspecified atom stereocenters.